The molecule has 1 amide bonds. The molecule has 120 valence electrons. The fourth-order valence-corrected chi connectivity index (χ4v) is 1.46. The second-order valence-corrected chi connectivity index (χ2v) is 4.24. The molecule has 0 aliphatic heterocycles. The summed E-state index contributed by atoms with van der Waals surface area (Å²) in [5.41, 5.74) is 6.74. The van der Waals surface area contributed by atoms with Gasteiger partial charge in [-0.25, -0.2) is 0 Å². The van der Waals surface area contributed by atoms with Crippen molar-refractivity contribution >= 4 is 18.3 Å². The number of ether oxygens (including phenoxy) is 1. The first-order valence-corrected chi connectivity index (χ1v) is 6.10. The number of amides is 1. The maximum absolute atomic E-state index is 11.9. The number of alkyl halides is 3. The van der Waals surface area contributed by atoms with Crippen LogP contribution < -0.4 is 11.1 Å². The van der Waals surface area contributed by atoms with E-state index >= 15 is 0 Å². The van der Waals surface area contributed by atoms with Gasteiger partial charge in [0.15, 0.2) is 0 Å². The minimum Gasteiger partial charge on any atom is -0.367 e. The van der Waals surface area contributed by atoms with Crippen LogP contribution in [0.2, 0.25) is 0 Å². The minimum absolute atomic E-state index is 0. The Bertz CT molecular complexity index is 424. The van der Waals surface area contributed by atoms with E-state index in [1.165, 1.54) is 0 Å². The second-order valence-electron chi connectivity index (χ2n) is 4.24. The van der Waals surface area contributed by atoms with Crippen LogP contribution in [0, 0.1) is 0 Å². The fraction of sp³-hybridized carbons (Fsp3) is 0.462. The van der Waals surface area contributed by atoms with E-state index in [1.54, 1.807) is 24.3 Å². The van der Waals surface area contributed by atoms with Crippen molar-refractivity contribution in [1.82, 2.24) is 5.32 Å². The smallest absolute Gasteiger partial charge is 0.367 e. The lowest BCUT2D eigenvalue weighted by molar-refractivity contribution is -0.176. The molecule has 1 aromatic carbocycles. The van der Waals surface area contributed by atoms with Gasteiger partial charge in [0.1, 0.15) is 6.61 Å². The number of hydrogen-bond donors (Lipinski definition) is 2. The predicted octanol–water partition coefficient (Wildman–Crippen LogP) is 2.15. The standard InChI is InChI=1S/C13H17F3N2O2.ClH/c14-13(15,16)9-20-8-11-3-1-10(2-4-11)7-18-12(19)5-6-17;/h1-4H,5-9,17H2,(H,18,19);1H. The molecular weight excluding hydrogens is 309 g/mol. The Kier molecular flexibility index (Phi) is 9.00. The summed E-state index contributed by atoms with van der Waals surface area (Å²) in [4.78, 5) is 11.2. The predicted molar refractivity (Wildman–Crippen MR) is 74.9 cm³/mol. The zero-order chi connectivity index (χ0) is 15.0. The van der Waals surface area contributed by atoms with Crippen molar-refractivity contribution in [2.24, 2.45) is 5.73 Å². The lowest BCUT2D eigenvalue weighted by atomic mass is 10.1. The van der Waals surface area contributed by atoms with Crippen molar-refractivity contribution in [1.29, 1.82) is 0 Å². The molecule has 0 heterocycles. The maximum atomic E-state index is 11.9. The summed E-state index contributed by atoms with van der Waals surface area (Å²) in [6.07, 6.45) is -4.05. The van der Waals surface area contributed by atoms with Gasteiger partial charge in [-0.15, -0.1) is 12.4 Å². The van der Waals surface area contributed by atoms with Crippen LogP contribution in [0.1, 0.15) is 17.5 Å². The Morgan fingerprint density at radius 1 is 1.19 bits per heavy atom. The van der Waals surface area contributed by atoms with E-state index < -0.39 is 12.8 Å². The summed E-state index contributed by atoms with van der Waals surface area (Å²) in [6.45, 7) is -0.701. The normalized spacial score (nSPS) is 10.9. The van der Waals surface area contributed by atoms with E-state index in [0.717, 1.165) is 5.56 Å². The Hall–Kier alpha value is -1.31. The summed E-state index contributed by atoms with van der Waals surface area (Å²) in [6, 6.07) is 6.80. The van der Waals surface area contributed by atoms with Crippen LogP contribution in [-0.2, 0) is 22.7 Å². The number of nitrogens with two attached hydrogens (primary N) is 1. The molecule has 0 spiro atoms. The molecular formula is C13H18ClF3N2O2. The van der Waals surface area contributed by atoms with Crippen molar-refractivity contribution < 1.29 is 22.7 Å². The highest BCUT2D eigenvalue weighted by Crippen LogP contribution is 2.15. The van der Waals surface area contributed by atoms with Gasteiger partial charge in [-0.1, -0.05) is 24.3 Å². The Labute approximate surface area is 127 Å². The number of nitrogens with one attached hydrogen (secondary N) is 1. The number of halogens is 4. The molecule has 3 N–H and O–H groups in total. The van der Waals surface area contributed by atoms with Crippen LogP contribution in [0.4, 0.5) is 13.2 Å². The summed E-state index contributed by atoms with van der Waals surface area (Å²) in [7, 11) is 0. The average molecular weight is 327 g/mol. The van der Waals surface area contributed by atoms with Crippen LogP contribution in [0.5, 0.6) is 0 Å². The molecule has 0 aliphatic carbocycles. The Morgan fingerprint density at radius 3 is 2.29 bits per heavy atom. The van der Waals surface area contributed by atoms with Crippen molar-refractivity contribution in [3.63, 3.8) is 0 Å². The van der Waals surface area contributed by atoms with Gasteiger partial charge < -0.3 is 15.8 Å². The highest BCUT2D eigenvalue weighted by atomic mass is 35.5. The molecule has 0 aromatic heterocycles. The lowest BCUT2D eigenvalue weighted by Gasteiger charge is -2.08. The molecule has 1 rings (SSSR count). The van der Waals surface area contributed by atoms with E-state index in [4.69, 9.17) is 5.73 Å². The van der Waals surface area contributed by atoms with Crippen LogP contribution in [0.3, 0.4) is 0 Å². The molecule has 21 heavy (non-hydrogen) atoms. The molecule has 1 aromatic rings. The molecule has 8 heteroatoms. The molecule has 0 saturated heterocycles. The van der Waals surface area contributed by atoms with Gasteiger partial charge in [-0.2, -0.15) is 13.2 Å². The number of hydrogen-bond acceptors (Lipinski definition) is 3. The molecule has 0 atom stereocenters. The van der Waals surface area contributed by atoms with E-state index in [1.807, 2.05) is 0 Å². The van der Waals surface area contributed by atoms with Crippen LogP contribution >= 0.6 is 12.4 Å². The number of carbonyl (C=O) groups excluding carboxylic acids is 1. The number of benzene rings is 1. The first-order valence-electron chi connectivity index (χ1n) is 6.10. The quantitative estimate of drug-likeness (QED) is 0.807. The molecule has 4 nitrogen and oxygen atoms in total. The molecule has 0 unspecified atom stereocenters. The summed E-state index contributed by atoms with van der Waals surface area (Å²) < 4.78 is 40.2. The third-order valence-corrected chi connectivity index (χ3v) is 2.42. The van der Waals surface area contributed by atoms with E-state index in [2.05, 4.69) is 10.1 Å². The molecule has 0 saturated carbocycles. The van der Waals surface area contributed by atoms with Gasteiger partial charge in [0, 0.05) is 19.5 Å². The third-order valence-electron chi connectivity index (χ3n) is 2.42. The summed E-state index contributed by atoms with van der Waals surface area (Å²) >= 11 is 0. The van der Waals surface area contributed by atoms with E-state index in [-0.39, 0.29) is 31.3 Å². The van der Waals surface area contributed by atoms with Crippen molar-refractivity contribution in [2.45, 2.75) is 25.7 Å². The largest absolute Gasteiger partial charge is 0.411 e. The Morgan fingerprint density at radius 2 is 1.76 bits per heavy atom. The van der Waals surface area contributed by atoms with Gasteiger partial charge in [-0.3, -0.25) is 4.79 Å². The lowest BCUT2D eigenvalue weighted by Crippen LogP contribution is -2.24. The van der Waals surface area contributed by atoms with E-state index in [0.29, 0.717) is 18.7 Å². The van der Waals surface area contributed by atoms with Crippen LogP contribution in [0.15, 0.2) is 24.3 Å². The third kappa shape index (κ3) is 9.28. The number of rotatable bonds is 7. The highest BCUT2D eigenvalue weighted by molar-refractivity contribution is 5.85. The molecule has 0 bridgehead atoms. The Balaban J connectivity index is 0.00000400. The van der Waals surface area contributed by atoms with Gasteiger partial charge in [0.25, 0.3) is 0 Å². The summed E-state index contributed by atoms with van der Waals surface area (Å²) in [5.74, 6) is -0.134. The SMILES string of the molecule is Cl.NCCC(=O)NCc1ccc(COCC(F)(F)F)cc1. The van der Waals surface area contributed by atoms with Gasteiger partial charge in [-0.05, 0) is 11.1 Å². The fourth-order valence-electron chi connectivity index (χ4n) is 1.46. The van der Waals surface area contributed by atoms with Crippen molar-refractivity contribution in [2.75, 3.05) is 13.2 Å². The zero-order valence-electron chi connectivity index (χ0n) is 11.3. The maximum Gasteiger partial charge on any atom is 0.411 e. The van der Waals surface area contributed by atoms with Crippen LogP contribution in [0.25, 0.3) is 0 Å². The van der Waals surface area contributed by atoms with Gasteiger partial charge >= 0.3 is 6.18 Å². The zero-order valence-corrected chi connectivity index (χ0v) is 12.1. The topological polar surface area (TPSA) is 64.4 Å². The molecule has 0 fully saturated rings. The molecule has 0 radical (unpaired) electrons. The first kappa shape index (κ1) is 19.7. The molecule has 0 aliphatic rings. The van der Waals surface area contributed by atoms with Crippen molar-refractivity contribution in [3.05, 3.63) is 35.4 Å². The van der Waals surface area contributed by atoms with Gasteiger partial charge in [0.2, 0.25) is 5.91 Å². The highest BCUT2D eigenvalue weighted by Gasteiger charge is 2.27. The second kappa shape index (κ2) is 9.59. The van der Waals surface area contributed by atoms with E-state index in [9.17, 15) is 18.0 Å². The van der Waals surface area contributed by atoms with Crippen LogP contribution in [-0.4, -0.2) is 25.2 Å². The minimum atomic E-state index is -4.31. The number of carbonyl (C=O) groups is 1. The first-order chi connectivity index (χ1) is 9.40. The van der Waals surface area contributed by atoms with Crippen molar-refractivity contribution in [3.8, 4) is 0 Å². The van der Waals surface area contributed by atoms with Gasteiger partial charge in [0.05, 0.1) is 6.61 Å². The average Bonchev–Trinajstić information content (AvgIpc) is 2.37. The summed E-state index contributed by atoms with van der Waals surface area (Å²) in [5, 5.41) is 2.68. The monoisotopic (exact) mass is 326 g/mol.